The summed E-state index contributed by atoms with van der Waals surface area (Å²) in [7, 11) is 0. The summed E-state index contributed by atoms with van der Waals surface area (Å²) in [6.07, 6.45) is 6.99. The van der Waals surface area contributed by atoms with Gasteiger partial charge in [0.05, 0.1) is 36.6 Å². The molecule has 0 saturated carbocycles. The van der Waals surface area contributed by atoms with Gasteiger partial charge in [0.25, 0.3) is 0 Å². The second-order valence-electron chi connectivity index (χ2n) is 10.9. The van der Waals surface area contributed by atoms with Gasteiger partial charge in [-0.05, 0) is 72.4 Å². The van der Waals surface area contributed by atoms with Gasteiger partial charge >= 0.3 is 0 Å². The first-order valence-electron chi connectivity index (χ1n) is 13.5. The highest BCUT2D eigenvalue weighted by Gasteiger charge is 2.29. The molecule has 0 spiro atoms. The lowest BCUT2D eigenvalue weighted by Gasteiger charge is -2.41. The van der Waals surface area contributed by atoms with Gasteiger partial charge in [0, 0.05) is 45.8 Å². The Balaban J connectivity index is 1.56. The second kappa shape index (κ2) is 13.0. The zero-order valence-corrected chi connectivity index (χ0v) is 21.8. The molecule has 3 saturated heterocycles. The molecule has 0 amide bonds. The van der Waals surface area contributed by atoms with Gasteiger partial charge < -0.3 is 14.2 Å². The maximum atomic E-state index is 6.27. The van der Waals surface area contributed by atoms with Crippen LogP contribution in [0.1, 0.15) is 67.2 Å². The molecule has 3 aliphatic heterocycles. The molecule has 3 aliphatic rings. The molecular weight excluding hydrogens is 402 g/mol. The van der Waals surface area contributed by atoms with E-state index >= 15 is 0 Å². The maximum Gasteiger partial charge on any atom is 0.0703 e. The fraction of sp³-hybridized carbons (Fsp3) is 1.00. The van der Waals surface area contributed by atoms with Crippen molar-refractivity contribution in [2.75, 3.05) is 58.9 Å². The van der Waals surface area contributed by atoms with Gasteiger partial charge in [0.15, 0.2) is 0 Å². The lowest BCUT2D eigenvalue weighted by Crippen LogP contribution is -2.50. The van der Waals surface area contributed by atoms with Crippen molar-refractivity contribution in [2.45, 2.75) is 104 Å². The fourth-order valence-electron chi connectivity index (χ4n) is 5.96. The van der Waals surface area contributed by atoms with Crippen molar-refractivity contribution in [3.8, 4) is 0 Å². The van der Waals surface area contributed by atoms with E-state index in [9.17, 15) is 0 Å². The first kappa shape index (κ1) is 26.4. The smallest absolute Gasteiger partial charge is 0.0703 e. The predicted molar refractivity (Wildman–Crippen MR) is 131 cm³/mol. The van der Waals surface area contributed by atoms with E-state index in [0.717, 1.165) is 58.0 Å². The highest BCUT2D eigenvalue weighted by atomic mass is 16.5. The van der Waals surface area contributed by atoms with Crippen LogP contribution in [0.2, 0.25) is 0 Å². The second-order valence-corrected chi connectivity index (χ2v) is 10.9. The zero-order chi connectivity index (χ0) is 23.1. The third kappa shape index (κ3) is 8.52. The molecule has 0 aromatic rings. The molecule has 0 aliphatic carbocycles. The lowest BCUT2D eigenvalue weighted by molar-refractivity contribution is -0.0927. The summed E-state index contributed by atoms with van der Waals surface area (Å²) in [5.74, 6) is 0.727. The van der Waals surface area contributed by atoms with Crippen LogP contribution in [0.25, 0.3) is 0 Å². The number of rotatable bonds is 10. The Hall–Kier alpha value is -0.240. The van der Waals surface area contributed by atoms with Crippen molar-refractivity contribution in [1.82, 2.24) is 14.7 Å². The number of nitrogens with zero attached hydrogens (tertiary/aromatic N) is 3. The normalized spacial score (nSPS) is 36.9. The molecule has 6 heteroatoms. The minimum Gasteiger partial charge on any atom is -0.373 e. The number of hydrogen-bond donors (Lipinski definition) is 0. The third-order valence-corrected chi connectivity index (χ3v) is 7.43. The lowest BCUT2D eigenvalue weighted by atomic mass is 9.97. The van der Waals surface area contributed by atoms with Gasteiger partial charge in [-0.2, -0.15) is 0 Å². The predicted octanol–water partition coefficient (Wildman–Crippen LogP) is 3.49. The summed E-state index contributed by atoms with van der Waals surface area (Å²) in [6, 6.07) is 0. The molecule has 0 aromatic heterocycles. The Morgan fingerprint density at radius 2 is 1.00 bits per heavy atom. The van der Waals surface area contributed by atoms with E-state index in [4.69, 9.17) is 14.2 Å². The Labute approximate surface area is 197 Å². The summed E-state index contributed by atoms with van der Waals surface area (Å²) in [6.45, 7) is 23.5. The van der Waals surface area contributed by atoms with E-state index in [2.05, 4.69) is 56.2 Å². The highest BCUT2D eigenvalue weighted by molar-refractivity contribution is 4.81. The molecule has 0 aromatic carbocycles. The van der Waals surface area contributed by atoms with Crippen LogP contribution in [-0.4, -0.2) is 110 Å². The Kier molecular flexibility index (Phi) is 10.7. The fourth-order valence-corrected chi connectivity index (χ4v) is 5.96. The van der Waals surface area contributed by atoms with E-state index in [0.29, 0.717) is 36.6 Å². The molecule has 6 nitrogen and oxygen atoms in total. The van der Waals surface area contributed by atoms with Crippen molar-refractivity contribution in [3.63, 3.8) is 0 Å². The maximum absolute atomic E-state index is 6.27. The minimum atomic E-state index is 0.350. The standard InChI is InChI=1S/C26H51N3O3/c1-7-25-18-29(19-26(8-2)32-25)17-24(9-11-27-13-20(3)30-21(4)14-27)10-12-28-15-22(5)31-23(6)16-28/h20-26H,7-19H2,1-6H3. The molecule has 6 atom stereocenters. The van der Waals surface area contributed by atoms with Gasteiger partial charge in [0.2, 0.25) is 0 Å². The monoisotopic (exact) mass is 453 g/mol. The van der Waals surface area contributed by atoms with Gasteiger partial charge in [0.1, 0.15) is 0 Å². The van der Waals surface area contributed by atoms with Gasteiger partial charge in [-0.25, -0.2) is 0 Å². The summed E-state index contributed by atoms with van der Waals surface area (Å²) in [4.78, 5) is 7.98. The van der Waals surface area contributed by atoms with Crippen molar-refractivity contribution in [1.29, 1.82) is 0 Å². The van der Waals surface area contributed by atoms with Crippen molar-refractivity contribution in [2.24, 2.45) is 5.92 Å². The Morgan fingerprint density at radius 3 is 1.38 bits per heavy atom. The van der Waals surface area contributed by atoms with E-state index < -0.39 is 0 Å². The minimum absolute atomic E-state index is 0.350. The molecule has 0 radical (unpaired) electrons. The molecule has 6 unspecified atom stereocenters. The van der Waals surface area contributed by atoms with Crippen LogP contribution >= 0.6 is 0 Å². The van der Waals surface area contributed by atoms with Crippen molar-refractivity contribution in [3.05, 3.63) is 0 Å². The van der Waals surface area contributed by atoms with E-state index in [-0.39, 0.29) is 0 Å². The van der Waals surface area contributed by atoms with Crippen molar-refractivity contribution < 1.29 is 14.2 Å². The zero-order valence-electron chi connectivity index (χ0n) is 21.8. The Morgan fingerprint density at radius 1 is 0.594 bits per heavy atom. The van der Waals surface area contributed by atoms with Crippen LogP contribution in [0, 0.1) is 5.92 Å². The van der Waals surface area contributed by atoms with E-state index in [1.807, 2.05) is 0 Å². The summed E-state index contributed by atoms with van der Waals surface area (Å²) in [5.41, 5.74) is 0. The first-order valence-corrected chi connectivity index (χ1v) is 13.5. The van der Waals surface area contributed by atoms with Crippen LogP contribution in [-0.2, 0) is 14.2 Å². The molecule has 32 heavy (non-hydrogen) atoms. The quantitative estimate of drug-likeness (QED) is 0.504. The van der Waals surface area contributed by atoms with Gasteiger partial charge in [-0.3, -0.25) is 14.7 Å². The van der Waals surface area contributed by atoms with Gasteiger partial charge in [-0.1, -0.05) is 13.8 Å². The molecule has 0 bridgehead atoms. The molecule has 3 rings (SSSR count). The van der Waals surface area contributed by atoms with E-state index in [1.165, 1.54) is 32.5 Å². The molecule has 3 heterocycles. The van der Waals surface area contributed by atoms with Crippen LogP contribution in [0.5, 0.6) is 0 Å². The molecule has 188 valence electrons. The van der Waals surface area contributed by atoms with Crippen LogP contribution < -0.4 is 0 Å². The van der Waals surface area contributed by atoms with E-state index in [1.54, 1.807) is 0 Å². The summed E-state index contributed by atoms with van der Waals surface area (Å²) < 4.78 is 18.2. The largest absolute Gasteiger partial charge is 0.373 e. The number of ether oxygens (including phenoxy) is 3. The number of hydrogen-bond acceptors (Lipinski definition) is 6. The highest BCUT2D eigenvalue weighted by Crippen LogP contribution is 2.22. The van der Waals surface area contributed by atoms with Crippen LogP contribution in [0.4, 0.5) is 0 Å². The SMILES string of the molecule is CCC1CN(CC(CCN2CC(C)OC(C)C2)CCN2CC(C)OC(C)C2)CC(CC)O1. The van der Waals surface area contributed by atoms with Crippen LogP contribution in [0.15, 0.2) is 0 Å². The molecular formula is C26H51N3O3. The topological polar surface area (TPSA) is 37.4 Å². The summed E-state index contributed by atoms with van der Waals surface area (Å²) in [5, 5.41) is 0. The summed E-state index contributed by atoms with van der Waals surface area (Å²) >= 11 is 0. The third-order valence-electron chi connectivity index (χ3n) is 7.43. The number of morpholine rings is 3. The van der Waals surface area contributed by atoms with Gasteiger partial charge in [-0.15, -0.1) is 0 Å². The Bertz CT molecular complexity index is 474. The average Bonchev–Trinajstić information content (AvgIpc) is 2.74. The molecule has 0 N–H and O–H groups in total. The average molecular weight is 454 g/mol. The first-order chi connectivity index (χ1) is 15.3. The van der Waals surface area contributed by atoms with Crippen molar-refractivity contribution >= 4 is 0 Å². The van der Waals surface area contributed by atoms with Crippen LogP contribution in [0.3, 0.4) is 0 Å². The molecule has 3 fully saturated rings.